The molecule has 1 N–H and O–H groups in total. The number of fused-ring (bicyclic) bond motifs is 1. The molecule has 2 aromatic heterocycles. The van der Waals surface area contributed by atoms with Crippen molar-refractivity contribution in [3.05, 3.63) is 76.3 Å². The normalized spacial score (nSPS) is 10.9. The Morgan fingerprint density at radius 3 is 2.71 bits per heavy atom. The Morgan fingerprint density at radius 1 is 1.21 bits per heavy atom. The fourth-order valence-electron chi connectivity index (χ4n) is 2.99. The standard InChI is InChI=1S/C20H15ClN4O3/c1-28-16-8-7-13(9-14(16)17(21)26)15-10-22-18-19(23-15)25(20(27)24-18)11-12-5-3-2-4-6-12/h2-10H,11H2,1H3,(H,22,24,27). The Labute approximate surface area is 164 Å². The van der Waals surface area contributed by atoms with E-state index in [9.17, 15) is 9.59 Å². The molecular formula is C20H15ClN4O3. The molecule has 2 aromatic carbocycles. The lowest BCUT2D eigenvalue weighted by Gasteiger charge is -2.08. The molecule has 0 fully saturated rings. The molecule has 2 heterocycles. The van der Waals surface area contributed by atoms with Crippen LogP contribution in [0.25, 0.3) is 22.6 Å². The molecule has 7 nitrogen and oxygen atoms in total. The Bertz CT molecular complexity index is 1230. The average molecular weight is 395 g/mol. The summed E-state index contributed by atoms with van der Waals surface area (Å²) in [6.45, 7) is 0.367. The first-order valence-electron chi connectivity index (χ1n) is 8.44. The Kier molecular flexibility index (Phi) is 4.67. The summed E-state index contributed by atoms with van der Waals surface area (Å²) in [7, 11) is 1.46. The lowest BCUT2D eigenvalue weighted by atomic mass is 10.1. The van der Waals surface area contributed by atoms with E-state index < -0.39 is 5.24 Å². The molecule has 0 amide bonds. The van der Waals surface area contributed by atoms with Crippen molar-refractivity contribution in [1.82, 2.24) is 19.5 Å². The van der Waals surface area contributed by atoms with Crippen LogP contribution in [0.1, 0.15) is 15.9 Å². The number of rotatable bonds is 5. The number of carbonyl (C=O) groups excluding carboxylic acids is 1. The fraction of sp³-hybridized carbons (Fsp3) is 0.100. The Hall–Kier alpha value is -3.45. The minimum Gasteiger partial charge on any atom is -0.496 e. The number of H-pyrrole nitrogens is 1. The zero-order valence-electron chi connectivity index (χ0n) is 14.8. The van der Waals surface area contributed by atoms with Crippen molar-refractivity contribution in [3.63, 3.8) is 0 Å². The Morgan fingerprint density at radius 2 is 2.00 bits per heavy atom. The van der Waals surface area contributed by atoms with Crippen LogP contribution in [0.15, 0.2) is 59.5 Å². The second-order valence-electron chi connectivity index (χ2n) is 6.12. The van der Waals surface area contributed by atoms with Gasteiger partial charge in [0.25, 0.3) is 5.24 Å². The van der Waals surface area contributed by atoms with Gasteiger partial charge in [0.1, 0.15) is 5.75 Å². The number of nitrogens with zero attached hydrogens (tertiary/aromatic N) is 3. The molecule has 0 saturated heterocycles. The molecular weight excluding hydrogens is 380 g/mol. The lowest BCUT2D eigenvalue weighted by Crippen LogP contribution is -2.17. The molecule has 0 unspecified atom stereocenters. The summed E-state index contributed by atoms with van der Waals surface area (Å²) in [5.74, 6) is 0.375. The van der Waals surface area contributed by atoms with Gasteiger partial charge in [0, 0.05) is 5.56 Å². The quantitative estimate of drug-likeness (QED) is 0.525. The van der Waals surface area contributed by atoms with E-state index in [2.05, 4.69) is 15.0 Å². The van der Waals surface area contributed by atoms with Crippen LogP contribution >= 0.6 is 11.6 Å². The highest BCUT2D eigenvalue weighted by Crippen LogP contribution is 2.27. The molecule has 0 aliphatic heterocycles. The third-order valence-electron chi connectivity index (χ3n) is 4.37. The first-order chi connectivity index (χ1) is 13.6. The summed E-state index contributed by atoms with van der Waals surface area (Å²) in [5.41, 5.74) is 2.89. The number of aromatic amines is 1. The van der Waals surface area contributed by atoms with Gasteiger partial charge < -0.3 is 4.74 Å². The van der Waals surface area contributed by atoms with Crippen LogP contribution in [0, 0.1) is 0 Å². The molecule has 4 aromatic rings. The number of hydrogen-bond acceptors (Lipinski definition) is 5. The van der Waals surface area contributed by atoms with Gasteiger partial charge >= 0.3 is 5.69 Å². The monoisotopic (exact) mass is 394 g/mol. The molecule has 8 heteroatoms. The predicted molar refractivity (Wildman–Crippen MR) is 106 cm³/mol. The van der Waals surface area contributed by atoms with Crippen LogP contribution in [-0.2, 0) is 6.54 Å². The van der Waals surface area contributed by atoms with Gasteiger partial charge in [-0.2, -0.15) is 0 Å². The largest absolute Gasteiger partial charge is 0.496 e. The van der Waals surface area contributed by atoms with Crippen LogP contribution in [-0.4, -0.2) is 31.9 Å². The van der Waals surface area contributed by atoms with Gasteiger partial charge in [-0.25, -0.2) is 14.8 Å². The zero-order chi connectivity index (χ0) is 19.7. The van der Waals surface area contributed by atoms with E-state index in [1.54, 1.807) is 18.2 Å². The highest BCUT2D eigenvalue weighted by molar-refractivity contribution is 6.68. The molecule has 4 rings (SSSR count). The van der Waals surface area contributed by atoms with Gasteiger partial charge in [-0.3, -0.25) is 14.3 Å². The summed E-state index contributed by atoms with van der Waals surface area (Å²) in [6.07, 6.45) is 1.54. The zero-order valence-corrected chi connectivity index (χ0v) is 15.6. The van der Waals surface area contributed by atoms with Crippen molar-refractivity contribution in [2.24, 2.45) is 0 Å². The predicted octanol–water partition coefficient (Wildman–Crippen LogP) is 3.22. The van der Waals surface area contributed by atoms with E-state index in [-0.39, 0.29) is 11.3 Å². The number of aromatic nitrogens is 4. The van der Waals surface area contributed by atoms with Gasteiger partial charge in [0.05, 0.1) is 31.1 Å². The summed E-state index contributed by atoms with van der Waals surface area (Å²) < 4.78 is 6.69. The summed E-state index contributed by atoms with van der Waals surface area (Å²) in [4.78, 5) is 35.7. The maximum atomic E-state index is 12.4. The third-order valence-corrected chi connectivity index (χ3v) is 4.57. The maximum Gasteiger partial charge on any atom is 0.329 e. The molecule has 0 radical (unpaired) electrons. The van der Waals surface area contributed by atoms with Crippen molar-refractivity contribution in [1.29, 1.82) is 0 Å². The third kappa shape index (κ3) is 3.27. The molecule has 0 aliphatic rings. The van der Waals surface area contributed by atoms with Gasteiger partial charge in [0.15, 0.2) is 11.3 Å². The highest BCUT2D eigenvalue weighted by atomic mass is 35.5. The van der Waals surface area contributed by atoms with E-state index in [4.69, 9.17) is 16.3 Å². The minimum absolute atomic E-state index is 0.235. The molecule has 0 bridgehead atoms. The highest BCUT2D eigenvalue weighted by Gasteiger charge is 2.15. The summed E-state index contributed by atoms with van der Waals surface area (Å²) >= 11 is 5.66. The number of carbonyl (C=O) groups is 1. The average Bonchev–Trinajstić information content (AvgIpc) is 3.02. The van der Waals surface area contributed by atoms with Crippen molar-refractivity contribution in [2.45, 2.75) is 6.54 Å². The van der Waals surface area contributed by atoms with E-state index in [0.29, 0.717) is 34.8 Å². The molecule has 0 aliphatic carbocycles. The molecule has 0 spiro atoms. The number of ether oxygens (including phenoxy) is 1. The van der Waals surface area contributed by atoms with Crippen molar-refractivity contribution < 1.29 is 9.53 Å². The van der Waals surface area contributed by atoms with E-state index >= 15 is 0 Å². The summed E-state index contributed by atoms with van der Waals surface area (Å²) in [5, 5.41) is -0.629. The van der Waals surface area contributed by atoms with Crippen molar-refractivity contribution in [3.8, 4) is 17.0 Å². The van der Waals surface area contributed by atoms with Crippen LogP contribution in [0.2, 0.25) is 0 Å². The van der Waals surface area contributed by atoms with Crippen LogP contribution in [0.5, 0.6) is 5.75 Å². The molecule has 28 heavy (non-hydrogen) atoms. The Balaban J connectivity index is 1.82. The number of nitrogens with one attached hydrogen (secondary N) is 1. The number of benzene rings is 2. The van der Waals surface area contributed by atoms with E-state index in [0.717, 1.165) is 5.56 Å². The topological polar surface area (TPSA) is 89.9 Å². The smallest absolute Gasteiger partial charge is 0.329 e. The van der Waals surface area contributed by atoms with Gasteiger partial charge in [-0.1, -0.05) is 30.3 Å². The van der Waals surface area contributed by atoms with Crippen LogP contribution in [0.3, 0.4) is 0 Å². The molecule has 140 valence electrons. The fourth-order valence-corrected chi connectivity index (χ4v) is 3.14. The molecule has 0 atom stereocenters. The van der Waals surface area contributed by atoms with Crippen molar-refractivity contribution >= 4 is 28.1 Å². The van der Waals surface area contributed by atoms with Crippen molar-refractivity contribution in [2.75, 3.05) is 7.11 Å². The number of hydrogen-bond donors (Lipinski definition) is 1. The van der Waals surface area contributed by atoms with E-state index in [1.807, 2.05) is 30.3 Å². The van der Waals surface area contributed by atoms with E-state index in [1.165, 1.54) is 17.9 Å². The van der Waals surface area contributed by atoms with Gasteiger partial charge in [-0.05, 0) is 35.4 Å². The van der Waals surface area contributed by atoms with Crippen LogP contribution < -0.4 is 10.4 Å². The van der Waals surface area contributed by atoms with Gasteiger partial charge in [-0.15, -0.1) is 0 Å². The summed E-state index contributed by atoms with van der Waals surface area (Å²) in [6, 6.07) is 14.6. The lowest BCUT2D eigenvalue weighted by molar-refractivity contribution is 0.107. The second kappa shape index (κ2) is 7.28. The molecule has 0 saturated carbocycles. The first-order valence-corrected chi connectivity index (χ1v) is 8.82. The van der Waals surface area contributed by atoms with Crippen LogP contribution in [0.4, 0.5) is 0 Å². The number of halogens is 1. The number of imidazole rings is 1. The minimum atomic E-state index is -0.629. The SMILES string of the molecule is COc1ccc(-c2cnc3[nH]c(=O)n(Cc4ccccc4)c3n2)cc1C(=O)Cl. The maximum absolute atomic E-state index is 12.4. The number of methoxy groups -OCH3 is 1. The van der Waals surface area contributed by atoms with Gasteiger partial charge in [0.2, 0.25) is 0 Å². The first kappa shape index (κ1) is 17.9. The second-order valence-corrected chi connectivity index (χ2v) is 6.46.